The Balaban J connectivity index is 1.40. The molecule has 0 aromatic heterocycles. The van der Waals surface area contributed by atoms with Crippen LogP contribution in [0.15, 0.2) is 30.3 Å². The molecule has 4 saturated carbocycles. The number of ketones is 1. The first-order valence-corrected chi connectivity index (χ1v) is 14.5. The summed E-state index contributed by atoms with van der Waals surface area (Å²) in [4.78, 5) is 37.6. The highest BCUT2D eigenvalue weighted by molar-refractivity contribution is 5.89. The number of hydrogen-bond donors (Lipinski definition) is 0. The van der Waals surface area contributed by atoms with Crippen molar-refractivity contribution in [2.24, 2.45) is 46.3 Å². The number of methoxy groups -OCH3 is 1. The SMILES string of the molecule is COC(=O)CC[C@@H](C)[C@H]1CC[C@H]2[C@@H]3C[C@H](OC(=O)c4ccccc4)C4CC(=O)CC[C@]4(C)[C@H]3CC[C@]12C. The zero-order valence-corrected chi connectivity index (χ0v) is 23.0. The van der Waals surface area contributed by atoms with Gasteiger partial charge in [0.25, 0.3) is 0 Å². The maximum absolute atomic E-state index is 13.2. The molecule has 9 atom stereocenters. The van der Waals surface area contributed by atoms with E-state index in [-0.39, 0.29) is 34.8 Å². The van der Waals surface area contributed by atoms with Gasteiger partial charge in [0.15, 0.2) is 0 Å². The Morgan fingerprint density at radius 3 is 2.46 bits per heavy atom. The normalized spacial score (nSPS) is 39.6. The highest BCUT2D eigenvalue weighted by atomic mass is 16.5. The summed E-state index contributed by atoms with van der Waals surface area (Å²) in [6.45, 7) is 7.23. The van der Waals surface area contributed by atoms with E-state index >= 15 is 0 Å². The molecule has 0 bridgehead atoms. The molecule has 0 N–H and O–H groups in total. The number of fused-ring (bicyclic) bond motifs is 5. The minimum absolute atomic E-state index is 0.0361. The van der Waals surface area contributed by atoms with Gasteiger partial charge in [0.05, 0.1) is 12.7 Å². The summed E-state index contributed by atoms with van der Waals surface area (Å²) in [5.41, 5.74) is 0.870. The molecule has 5 rings (SSSR count). The monoisotopic (exact) mass is 508 g/mol. The van der Waals surface area contributed by atoms with E-state index < -0.39 is 0 Å². The molecule has 0 saturated heterocycles. The van der Waals surface area contributed by atoms with Gasteiger partial charge in [0.1, 0.15) is 11.9 Å². The van der Waals surface area contributed by atoms with Crippen LogP contribution in [0.2, 0.25) is 0 Å². The van der Waals surface area contributed by atoms with Crippen LogP contribution in [0.1, 0.15) is 95.3 Å². The lowest BCUT2D eigenvalue weighted by molar-refractivity contribution is -0.167. The summed E-state index contributed by atoms with van der Waals surface area (Å²) in [5, 5.41) is 0. The molecule has 0 amide bonds. The Morgan fingerprint density at radius 1 is 1.00 bits per heavy atom. The van der Waals surface area contributed by atoms with Crippen molar-refractivity contribution in [1.29, 1.82) is 0 Å². The van der Waals surface area contributed by atoms with Gasteiger partial charge in [-0.05, 0) is 97.5 Å². The van der Waals surface area contributed by atoms with Gasteiger partial charge in [-0.25, -0.2) is 4.79 Å². The molecule has 4 aliphatic rings. The average Bonchev–Trinajstić information content (AvgIpc) is 3.26. The minimum Gasteiger partial charge on any atom is -0.469 e. The van der Waals surface area contributed by atoms with E-state index in [1.807, 2.05) is 30.3 Å². The molecule has 1 aromatic rings. The van der Waals surface area contributed by atoms with Gasteiger partial charge in [-0.1, -0.05) is 39.0 Å². The lowest BCUT2D eigenvalue weighted by Gasteiger charge is -2.62. The highest BCUT2D eigenvalue weighted by Crippen LogP contribution is 2.68. The topological polar surface area (TPSA) is 69.7 Å². The molecule has 4 aliphatic carbocycles. The molecule has 1 aromatic carbocycles. The van der Waals surface area contributed by atoms with Crippen molar-refractivity contribution in [2.75, 3.05) is 7.11 Å². The third kappa shape index (κ3) is 4.65. The number of ether oxygens (including phenoxy) is 2. The quantitative estimate of drug-likeness (QED) is 0.403. The minimum atomic E-state index is -0.260. The molecular formula is C32H44O5. The number of carbonyl (C=O) groups excluding carboxylic acids is 3. The van der Waals surface area contributed by atoms with Crippen LogP contribution in [-0.2, 0) is 19.1 Å². The molecule has 5 heteroatoms. The average molecular weight is 509 g/mol. The Morgan fingerprint density at radius 2 is 1.73 bits per heavy atom. The second-order valence-corrected chi connectivity index (χ2v) is 13.1. The van der Waals surface area contributed by atoms with Crippen molar-refractivity contribution >= 4 is 17.7 Å². The largest absolute Gasteiger partial charge is 0.469 e. The van der Waals surface area contributed by atoms with Gasteiger partial charge in [-0.15, -0.1) is 0 Å². The molecule has 4 fully saturated rings. The maximum atomic E-state index is 13.2. The molecule has 0 aliphatic heterocycles. The number of carbonyl (C=O) groups is 3. The first-order chi connectivity index (χ1) is 17.7. The number of Topliss-reactive ketones (excluding diaryl/α,β-unsaturated/α-hetero) is 1. The van der Waals surface area contributed by atoms with Crippen LogP contribution in [0.25, 0.3) is 0 Å². The molecule has 0 spiro atoms. The second-order valence-electron chi connectivity index (χ2n) is 13.1. The third-order valence-electron chi connectivity index (χ3n) is 11.5. The fourth-order valence-electron chi connectivity index (χ4n) is 9.59. The first kappa shape index (κ1) is 26.4. The standard InChI is InChI=1S/C32H44O5/c1-20(10-13-29(34)36-4)24-11-12-25-23-19-28(37-30(35)21-8-6-5-7-9-21)27-18-22(33)14-16-32(27,3)26(23)15-17-31(24,25)2/h5-9,20,23-28H,10-19H2,1-4H3/t20-,23+,24-,25+,26+,27?,28+,31-,32-/m1/s1. The van der Waals surface area contributed by atoms with E-state index in [0.717, 1.165) is 19.3 Å². The van der Waals surface area contributed by atoms with Crippen molar-refractivity contribution in [2.45, 2.75) is 91.1 Å². The van der Waals surface area contributed by atoms with Crippen LogP contribution in [0.4, 0.5) is 0 Å². The summed E-state index contributed by atoms with van der Waals surface area (Å²) in [7, 11) is 1.47. The van der Waals surface area contributed by atoms with E-state index in [2.05, 4.69) is 20.8 Å². The van der Waals surface area contributed by atoms with Crippen molar-refractivity contribution in [1.82, 2.24) is 0 Å². The molecular weight excluding hydrogens is 464 g/mol. The number of esters is 2. The van der Waals surface area contributed by atoms with Crippen LogP contribution in [0.5, 0.6) is 0 Å². The second kappa shape index (κ2) is 10.2. The Labute approximate surface area is 222 Å². The smallest absolute Gasteiger partial charge is 0.338 e. The van der Waals surface area contributed by atoms with Gasteiger partial charge in [0.2, 0.25) is 0 Å². The summed E-state index contributed by atoms with van der Waals surface area (Å²) in [6.07, 6.45) is 8.99. The summed E-state index contributed by atoms with van der Waals surface area (Å²) < 4.78 is 11.2. The zero-order valence-electron chi connectivity index (χ0n) is 23.0. The van der Waals surface area contributed by atoms with E-state index in [1.165, 1.54) is 32.8 Å². The van der Waals surface area contributed by atoms with Gasteiger partial charge < -0.3 is 9.47 Å². The van der Waals surface area contributed by atoms with E-state index in [9.17, 15) is 14.4 Å². The van der Waals surface area contributed by atoms with Gasteiger partial charge in [0, 0.05) is 25.2 Å². The van der Waals surface area contributed by atoms with Crippen LogP contribution in [-0.4, -0.2) is 30.9 Å². The van der Waals surface area contributed by atoms with Crippen molar-refractivity contribution in [3.05, 3.63) is 35.9 Å². The number of benzene rings is 1. The van der Waals surface area contributed by atoms with E-state index in [4.69, 9.17) is 9.47 Å². The fourth-order valence-corrected chi connectivity index (χ4v) is 9.59. The fraction of sp³-hybridized carbons (Fsp3) is 0.719. The molecule has 0 heterocycles. The first-order valence-electron chi connectivity index (χ1n) is 14.5. The summed E-state index contributed by atoms with van der Waals surface area (Å²) >= 11 is 0. The van der Waals surface area contributed by atoms with Crippen molar-refractivity contribution < 1.29 is 23.9 Å². The third-order valence-corrected chi connectivity index (χ3v) is 11.5. The lowest BCUT2D eigenvalue weighted by Crippen LogP contribution is -2.58. The Kier molecular flexibility index (Phi) is 7.28. The van der Waals surface area contributed by atoms with E-state index in [1.54, 1.807) is 0 Å². The zero-order chi connectivity index (χ0) is 26.4. The molecule has 1 unspecified atom stereocenters. The maximum Gasteiger partial charge on any atom is 0.338 e. The number of rotatable bonds is 6. The highest BCUT2D eigenvalue weighted by Gasteiger charge is 2.63. The Bertz CT molecular complexity index is 1020. The van der Waals surface area contributed by atoms with E-state index in [0.29, 0.717) is 60.2 Å². The van der Waals surface area contributed by atoms with Gasteiger partial charge in [-0.3, -0.25) is 9.59 Å². The van der Waals surface area contributed by atoms with Crippen LogP contribution in [0, 0.1) is 46.3 Å². The predicted molar refractivity (Wildman–Crippen MR) is 142 cm³/mol. The summed E-state index contributed by atoms with van der Waals surface area (Å²) in [6, 6.07) is 9.27. The Hall–Kier alpha value is -2.17. The molecule has 202 valence electrons. The van der Waals surface area contributed by atoms with Crippen LogP contribution < -0.4 is 0 Å². The summed E-state index contributed by atoms with van der Waals surface area (Å²) in [5.74, 6) is 2.85. The van der Waals surface area contributed by atoms with Gasteiger partial charge in [-0.2, -0.15) is 0 Å². The lowest BCUT2D eigenvalue weighted by atomic mass is 9.44. The molecule has 37 heavy (non-hydrogen) atoms. The van der Waals surface area contributed by atoms with Crippen molar-refractivity contribution in [3.63, 3.8) is 0 Å². The predicted octanol–water partition coefficient (Wildman–Crippen LogP) is 6.64. The van der Waals surface area contributed by atoms with Gasteiger partial charge >= 0.3 is 11.9 Å². The van der Waals surface area contributed by atoms with Crippen LogP contribution in [0.3, 0.4) is 0 Å². The van der Waals surface area contributed by atoms with Crippen molar-refractivity contribution in [3.8, 4) is 0 Å². The molecule has 0 radical (unpaired) electrons. The molecule has 5 nitrogen and oxygen atoms in total. The number of hydrogen-bond acceptors (Lipinski definition) is 5. The van der Waals surface area contributed by atoms with Crippen LogP contribution >= 0.6 is 0 Å².